The van der Waals surface area contributed by atoms with Gasteiger partial charge in [0.1, 0.15) is 6.54 Å². The van der Waals surface area contributed by atoms with E-state index in [1.54, 1.807) is 6.07 Å². The molecular weight excluding hydrogens is 448 g/mol. The summed E-state index contributed by atoms with van der Waals surface area (Å²) < 4.78 is 26.6. The van der Waals surface area contributed by atoms with Gasteiger partial charge < -0.3 is 5.11 Å². The van der Waals surface area contributed by atoms with Crippen molar-refractivity contribution in [2.24, 2.45) is 0 Å². The minimum Gasteiger partial charge on any atom is -0.505 e. The molecule has 2 N–H and O–H groups in total. The first-order valence-corrected chi connectivity index (χ1v) is 9.81. The molecule has 138 valence electrons. The predicted molar refractivity (Wildman–Crippen MR) is 98.9 cm³/mol. The molecule has 0 bridgehead atoms. The van der Waals surface area contributed by atoms with E-state index in [4.69, 9.17) is 12.2 Å². The fourth-order valence-corrected chi connectivity index (χ4v) is 4.71. The number of halogens is 1. The van der Waals surface area contributed by atoms with Crippen LogP contribution in [0.3, 0.4) is 0 Å². The molecule has 0 spiro atoms. The predicted octanol–water partition coefficient (Wildman–Crippen LogP) is 0.400. The number of sulfonamides is 1. The highest BCUT2D eigenvalue weighted by molar-refractivity contribution is 9.10. The molecule has 0 radical (unpaired) electrons. The van der Waals surface area contributed by atoms with Crippen molar-refractivity contribution in [2.45, 2.75) is 4.90 Å². The lowest BCUT2D eigenvalue weighted by Crippen LogP contribution is -2.48. The van der Waals surface area contributed by atoms with E-state index in [9.17, 15) is 23.1 Å². The van der Waals surface area contributed by atoms with Gasteiger partial charge in [-0.2, -0.15) is 0 Å². The van der Waals surface area contributed by atoms with Crippen LogP contribution in [0.2, 0.25) is 0 Å². The first-order chi connectivity index (χ1) is 12.1. The van der Waals surface area contributed by atoms with E-state index in [0.29, 0.717) is 8.78 Å². The molecule has 2 amide bonds. The van der Waals surface area contributed by atoms with Gasteiger partial charge in [-0.15, -0.1) is 0 Å². The number of nitrogens with zero attached hydrogens (tertiary/aromatic N) is 3. The second-order valence-corrected chi connectivity index (χ2v) is 8.79. The molecule has 1 saturated heterocycles. The van der Waals surface area contributed by atoms with Crippen LogP contribution in [-0.2, 0) is 19.6 Å². The number of aliphatic hydroxyl groups excluding tert-OH is 1. The van der Waals surface area contributed by atoms with Gasteiger partial charge in [-0.1, -0.05) is 15.9 Å². The second kappa shape index (κ2) is 6.21. The van der Waals surface area contributed by atoms with Gasteiger partial charge in [0.15, 0.2) is 16.6 Å². The molecule has 0 aromatic heterocycles. The van der Waals surface area contributed by atoms with E-state index in [0.717, 1.165) is 12.1 Å². The van der Waals surface area contributed by atoms with Crippen molar-refractivity contribution in [3.05, 3.63) is 33.9 Å². The number of hydrogen-bond acceptors (Lipinski definition) is 6. The number of benzene rings is 1. The third-order valence-corrected chi connectivity index (χ3v) is 6.80. The van der Waals surface area contributed by atoms with Crippen LogP contribution < -0.4 is 5.43 Å². The molecule has 2 aliphatic heterocycles. The zero-order valence-corrected chi connectivity index (χ0v) is 16.8. The van der Waals surface area contributed by atoms with Crippen LogP contribution in [0.15, 0.2) is 33.3 Å². The third-order valence-electron chi connectivity index (χ3n) is 4.01. The van der Waals surface area contributed by atoms with Crippen molar-refractivity contribution < 1.29 is 23.1 Å². The summed E-state index contributed by atoms with van der Waals surface area (Å²) in [6.45, 7) is -0.185. The number of carbonyl (C=O) groups excluding carboxylic acids is 2. The highest BCUT2D eigenvalue weighted by Gasteiger charge is 2.40. The van der Waals surface area contributed by atoms with Crippen molar-refractivity contribution in [3.63, 3.8) is 0 Å². The average Bonchev–Trinajstić information content (AvgIpc) is 2.80. The van der Waals surface area contributed by atoms with E-state index < -0.39 is 27.4 Å². The Labute approximate surface area is 163 Å². The minimum atomic E-state index is -4.04. The molecule has 12 heteroatoms. The SMILES string of the molecule is CN1C(=O)CN(NC(=O)C2=C(O)c3ccc(Br)cc3S(=O)(=O)N2C)C1=S. The molecular formula is C14H13BrN4O5S2. The van der Waals surface area contributed by atoms with Crippen LogP contribution in [0.25, 0.3) is 5.76 Å². The van der Waals surface area contributed by atoms with E-state index in [2.05, 4.69) is 21.4 Å². The fraction of sp³-hybridized carbons (Fsp3) is 0.214. The molecule has 0 saturated carbocycles. The van der Waals surface area contributed by atoms with Crippen LogP contribution in [0.4, 0.5) is 0 Å². The van der Waals surface area contributed by atoms with Crippen molar-refractivity contribution in [1.29, 1.82) is 0 Å². The Hall–Kier alpha value is -2.18. The maximum atomic E-state index is 12.7. The van der Waals surface area contributed by atoms with Crippen LogP contribution in [0.5, 0.6) is 0 Å². The molecule has 1 fully saturated rings. The summed E-state index contributed by atoms with van der Waals surface area (Å²) in [5.74, 6) is -1.73. The molecule has 1 aromatic rings. The van der Waals surface area contributed by atoms with E-state index in [1.807, 2.05) is 0 Å². The third kappa shape index (κ3) is 2.73. The number of carbonyl (C=O) groups is 2. The monoisotopic (exact) mass is 460 g/mol. The Morgan fingerprint density at radius 1 is 1.35 bits per heavy atom. The molecule has 9 nitrogen and oxygen atoms in total. The van der Waals surface area contributed by atoms with Gasteiger partial charge in [0.25, 0.3) is 15.9 Å². The molecule has 26 heavy (non-hydrogen) atoms. The summed E-state index contributed by atoms with van der Waals surface area (Å²) in [5.41, 5.74) is 1.90. The number of aliphatic hydroxyl groups is 1. The summed E-state index contributed by atoms with van der Waals surface area (Å²) in [5, 5.41) is 11.7. The highest BCUT2D eigenvalue weighted by atomic mass is 79.9. The molecule has 0 aliphatic carbocycles. The molecule has 2 aliphatic rings. The van der Waals surface area contributed by atoms with Crippen LogP contribution in [0, 0.1) is 0 Å². The minimum absolute atomic E-state index is 0.00800. The lowest BCUT2D eigenvalue weighted by atomic mass is 10.1. The average molecular weight is 461 g/mol. The van der Waals surface area contributed by atoms with E-state index >= 15 is 0 Å². The molecule has 0 atom stereocenters. The standard InChI is InChI=1S/C14H13BrN4O5S2/c1-17-10(20)6-19(14(17)25)16-13(22)11-12(21)8-4-3-7(15)5-9(8)26(23,24)18(11)2/h3-5,21H,6H2,1-2H3,(H,16,22). The van der Waals surface area contributed by atoms with Gasteiger partial charge in [0, 0.05) is 24.1 Å². The maximum Gasteiger partial charge on any atom is 0.291 e. The van der Waals surface area contributed by atoms with Crippen LogP contribution in [-0.4, -0.2) is 65.3 Å². The van der Waals surface area contributed by atoms with E-state index in [-0.39, 0.29) is 28.0 Å². The maximum absolute atomic E-state index is 12.7. The fourth-order valence-electron chi connectivity index (χ4n) is 2.56. The number of fused-ring (bicyclic) bond motifs is 1. The normalized spacial score (nSPS) is 19.1. The zero-order valence-electron chi connectivity index (χ0n) is 13.6. The molecule has 0 unspecified atom stereocenters. The number of amides is 2. The Balaban J connectivity index is 2.02. The Kier molecular flexibility index (Phi) is 4.45. The van der Waals surface area contributed by atoms with Crippen LogP contribution in [0.1, 0.15) is 5.56 Å². The van der Waals surface area contributed by atoms with Crippen molar-refractivity contribution in [2.75, 3.05) is 20.6 Å². The van der Waals surface area contributed by atoms with Gasteiger partial charge in [-0.3, -0.25) is 29.2 Å². The lowest BCUT2D eigenvalue weighted by Gasteiger charge is -2.29. The van der Waals surface area contributed by atoms with Gasteiger partial charge in [-0.05, 0) is 30.4 Å². The first kappa shape index (κ1) is 18.6. The first-order valence-electron chi connectivity index (χ1n) is 7.17. The molecule has 2 heterocycles. The summed E-state index contributed by atoms with van der Waals surface area (Å²) >= 11 is 8.23. The number of hydrazine groups is 1. The van der Waals surface area contributed by atoms with Gasteiger partial charge in [0.2, 0.25) is 5.91 Å². The van der Waals surface area contributed by atoms with Crippen molar-refractivity contribution >= 4 is 60.9 Å². The summed E-state index contributed by atoms with van der Waals surface area (Å²) in [6.07, 6.45) is 0. The van der Waals surface area contributed by atoms with Crippen molar-refractivity contribution in [1.82, 2.24) is 19.6 Å². The number of rotatable bonds is 2. The Morgan fingerprint density at radius 2 is 2.00 bits per heavy atom. The second-order valence-electron chi connectivity index (χ2n) is 5.57. The smallest absolute Gasteiger partial charge is 0.291 e. The number of likely N-dealkylation sites (N-methyl/N-ethyl adjacent to an activating group) is 2. The molecule has 1 aromatic carbocycles. The summed E-state index contributed by atoms with van der Waals surface area (Å²) in [7, 11) is -1.43. The van der Waals surface area contributed by atoms with E-state index in [1.165, 1.54) is 24.1 Å². The van der Waals surface area contributed by atoms with Gasteiger partial charge >= 0.3 is 0 Å². The van der Waals surface area contributed by atoms with Gasteiger partial charge in [0.05, 0.1) is 4.90 Å². The number of thiocarbonyl (C=S) groups is 1. The van der Waals surface area contributed by atoms with Gasteiger partial charge in [-0.25, -0.2) is 8.42 Å². The largest absolute Gasteiger partial charge is 0.505 e. The van der Waals surface area contributed by atoms with Crippen LogP contribution >= 0.6 is 28.1 Å². The molecule has 3 rings (SSSR count). The lowest BCUT2D eigenvalue weighted by molar-refractivity contribution is -0.125. The zero-order chi connectivity index (χ0) is 19.4. The van der Waals surface area contributed by atoms with Crippen molar-refractivity contribution in [3.8, 4) is 0 Å². The highest BCUT2D eigenvalue weighted by Crippen LogP contribution is 2.36. The topological polar surface area (TPSA) is 110 Å². The number of nitrogens with one attached hydrogen (secondary N) is 1. The quantitative estimate of drug-likeness (QED) is 0.614. The summed E-state index contributed by atoms with van der Waals surface area (Å²) in [4.78, 5) is 25.3. The summed E-state index contributed by atoms with van der Waals surface area (Å²) in [6, 6.07) is 4.29. The number of hydrogen-bond donors (Lipinski definition) is 2. The Morgan fingerprint density at radius 3 is 2.58 bits per heavy atom. The Bertz CT molecular complexity index is 991.